The molecule has 0 atom stereocenters. The molecule has 1 aromatic carbocycles. The molecule has 0 amide bonds. The van der Waals surface area contributed by atoms with E-state index < -0.39 is 0 Å². The van der Waals surface area contributed by atoms with E-state index in [2.05, 4.69) is 70.3 Å². The van der Waals surface area contributed by atoms with Crippen LogP contribution in [0.5, 0.6) is 0 Å². The zero-order valence-corrected chi connectivity index (χ0v) is 16.3. The number of nitrogen functional groups attached to an aromatic ring is 1. The molecule has 7 nitrogen and oxygen atoms in total. The Morgan fingerprint density at radius 3 is 2.33 bits per heavy atom. The van der Waals surface area contributed by atoms with Gasteiger partial charge in [0, 0.05) is 42.5 Å². The highest BCUT2D eigenvalue weighted by molar-refractivity contribution is 9.10. The molecule has 1 saturated heterocycles. The van der Waals surface area contributed by atoms with E-state index in [4.69, 9.17) is 5.73 Å². The lowest BCUT2D eigenvalue weighted by Gasteiger charge is -2.37. The van der Waals surface area contributed by atoms with Gasteiger partial charge >= 0.3 is 0 Å². The predicted octanol–water partition coefficient (Wildman–Crippen LogP) is 3.29. The summed E-state index contributed by atoms with van der Waals surface area (Å²) in [7, 11) is 0. The maximum Gasteiger partial charge on any atom is 0.160 e. The van der Waals surface area contributed by atoms with Crippen molar-refractivity contribution in [2.75, 3.05) is 47.0 Å². The lowest BCUT2D eigenvalue weighted by atomic mass is 10.2. The van der Waals surface area contributed by atoms with Crippen molar-refractivity contribution in [1.82, 2.24) is 15.0 Å². The van der Waals surface area contributed by atoms with E-state index in [1.807, 2.05) is 18.2 Å². The highest BCUT2D eigenvalue weighted by Gasteiger charge is 2.21. The van der Waals surface area contributed by atoms with Crippen LogP contribution in [0.15, 0.2) is 59.5 Å². The fourth-order valence-electron chi connectivity index (χ4n) is 3.12. The maximum absolute atomic E-state index is 6.36. The molecule has 0 saturated carbocycles. The van der Waals surface area contributed by atoms with Gasteiger partial charge in [-0.05, 0) is 40.2 Å². The monoisotopic (exact) mass is 425 g/mol. The molecule has 8 heteroatoms. The second-order valence-corrected chi connectivity index (χ2v) is 7.17. The molecular formula is C19H20BrN7. The summed E-state index contributed by atoms with van der Waals surface area (Å²) in [6, 6.07) is 14.2. The van der Waals surface area contributed by atoms with E-state index in [1.54, 1.807) is 6.20 Å². The number of anilines is 5. The van der Waals surface area contributed by atoms with Crippen LogP contribution in [0.1, 0.15) is 0 Å². The lowest BCUT2D eigenvalue weighted by Crippen LogP contribution is -2.47. The third-order valence-corrected chi connectivity index (χ3v) is 5.01. The lowest BCUT2D eigenvalue weighted by molar-refractivity contribution is 0.647. The summed E-state index contributed by atoms with van der Waals surface area (Å²) in [4.78, 5) is 17.6. The molecule has 1 aliphatic rings. The molecule has 1 aliphatic heterocycles. The second kappa shape index (κ2) is 7.79. The van der Waals surface area contributed by atoms with Crippen LogP contribution in [0.3, 0.4) is 0 Å². The van der Waals surface area contributed by atoms with Crippen molar-refractivity contribution in [2.45, 2.75) is 0 Å². The third-order valence-electron chi connectivity index (χ3n) is 4.54. The third kappa shape index (κ3) is 3.95. The number of aromatic nitrogens is 3. The molecule has 0 radical (unpaired) electrons. The van der Waals surface area contributed by atoms with Gasteiger partial charge in [0.15, 0.2) is 11.6 Å². The Hall–Kier alpha value is -2.87. The normalized spacial score (nSPS) is 14.3. The van der Waals surface area contributed by atoms with Gasteiger partial charge in [-0.3, -0.25) is 0 Å². The van der Waals surface area contributed by atoms with E-state index in [9.17, 15) is 0 Å². The van der Waals surface area contributed by atoms with Gasteiger partial charge in [-0.15, -0.1) is 0 Å². The van der Waals surface area contributed by atoms with Crippen LogP contribution in [0, 0.1) is 0 Å². The Bertz CT molecular complexity index is 894. The Kier molecular flexibility index (Phi) is 5.06. The Labute approximate surface area is 166 Å². The molecule has 3 heterocycles. The van der Waals surface area contributed by atoms with E-state index in [0.717, 1.165) is 36.5 Å². The molecule has 0 aliphatic carbocycles. The predicted molar refractivity (Wildman–Crippen MR) is 113 cm³/mol. The van der Waals surface area contributed by atoms with Crippen LogP contribution in [-0.4, -0.2) is 41.1 Å². The number of nitrogens with one attached hydrogen (secondary N) is 1. The average molecular weight is 426 g/mol. The SMILES string of the molecule is Nc1c(Nc2ccc(Br)cn2)ncnc1N1CCN(c2ccccc2)CC1. The van der Waals surface area contributed by atoms with Crippen molar-refractivity contribution >= 4 is 44.8 Å². The first-order valence-corrected chi connectivity index (χ1v) is 9.54. The Morgan fingerprint density at radius 1 is 0.889 bits per heavy atom. The molecule has 4 rings (SSSR count). The molecule has 0 unspecified atom stereocenters. The van der Waals surface area contributed by atoms with Gasteiger partial charge in [0.25, 0.3) is 0 Å². The molecule has 3 N–H and O–H groups in total. The summed E-state index contributed by atoms with van der Waals surface area (Å²) in [5.41, 5.74) is 8.14. The summed E-state index contributed by atoms with van der Waals surface area (Å²) in [5.74, 6) is 2.01. The molecule has 2 aromatic heterocycles. The van der Waals surface area contributed by atoms with Crippen LogP contribution < -0.4 is 20.9 Å². The highest BCUT2D eigenvalue weighted by atomic mass is 79.9. The van der Waals surface area contributed by atoms with Gasteiger partial charge in [-0.1, -0.05) is 18.2 Å². The quantitative estimate of drug-likeness (QED) is 0.663. The minimum absolute atomic E-state index is 0.537. The van der Waals surface area contributed by atoms with Gasteiger partial charge < -0.3 is 20.9 Å². The smallest absolute Gasteiger partial charge is 0.160 e. The van der Waals surface area contributed by atoms with Crippen molar-refractivity contribution in [1.29, 1.82) is 0 Å². The van der Waals surface area contributed by atoms with Crippen molar-refractivity contribution in [2.24, 2.45) is 0 Å². The fourth-order valence-corrected chi connectivity index (χ4v) is 3.36. The molecule has 3 aromatic rings. The fraction of sp³-hybridized carbons (Fsp3) is 0.211. The number of hydrogen-bond acceptors (Lipinski definition) is 7. The van der Waals surface area contributed by atoms with Gasteiger partial charge in [-0.2, -0.15) is 0 Å². The Balaban J connectivity index is 1.47. The van der Waals surface area contributed by atoms with Gasteiger partial charge in [0.1, 0.15) is 17.8 Å². The van der Waals surface area contributed by atoms with Crippen LogP contribution in [0.2, 0.25) is 0 Å². The minimum Gasteiger partial charge on any atom is -0.393 e. The van der Waals surface area contributed by atoms with Crippen LogP contribution in [-0.2, 0) is 0 Å². The van der Waals surface area contributed by atoms with E-state index in [-0.39, 0.29) is 0 Å². The van der Waals surface area contributed by atoms with Crippen molar-refractivity contribution in [3.63, 3.8) is 0 Å². The van der Waals surface area contributed by atoms with E-state index in [1.165, 1.54) is 12.0 Å². The largest absolute Gasteiger partial charge is 0.393 e. The molecule has 27 heavy (non-hydrogen) atoms. The zero-order valence-electron chi connectivity index (χ0n) is 14.7. The summed E-state index contributed by atoms with van der Waals surface area (Å²) < 4.78 is 0.917. The van der Waals surface area contributed by atoms with Crippen molar-refractivity contribution < 1.29 is 0 Å². The first-order valence-electron chi connectivity index (χ1n) is 8.75. The average Bonchev–Trinajstić information content (AvgIpc) is 2.72. The number of nitrogens with zero attached hydrogens (tertiary/aromatic N) is 5. The minimum atomic E-state index is 0.537. The summed E-state index contributed by atoms with van der Waals surface area (Å²) in [6.45, 7) is 3.55. The first kappa shape index (κ1) is 17.5. The van der Waals surface area contributed by atoms with Gasteiger partial charge in [0.2, 0.25) is 0 Å². The number of nitrogens with two attached hydrogens (primary N) is 1. The molecule has 0 bridgehead atoms. The molecule has 138 valence electrons. The van der Waals surface area contributed by atoms with Crippen molar-refractivity contribution in [3.05, 3.63) is 59.5 Å². The zero-order chi connectivity index (χ0) is 18.6. The number of para-hydroxylation sites is 1. The second-order valence-electron chi connectivity index (χ2n) is 6.26. The van der Waals surface area contributed by atoms with E-state index in [0.29, 0.717) is 17.3 Å². The maximum atomic E-state index is 6.36. The van der Waals surface area contributed by atoms with E-state index >= 15 is 0 Å². The highest BCUT2D eigenvalue weighted by Crippen LogP contribution is 2.29. The number of halogens is 1. The number of hydrogen-bond donors (Lipinski definition) is 2. The molecule has 1 fully saturated rings. The number of pyridine rings is 1. The molecular weight excluding hydrogens is 406 g/mol. The summed E-state index contributed by atoms with van der Waals surface area (Å²) in [5, 5.41) is 3.17. The summed E-state index contributed by atoms with van der Waals surface area (Å²) >= 11 is 3.38. The van der Waals surface area contributed by atoms with Crippen LogP contribution in [0.25, 0.3) is 0 Å². The molecule has 0 spiro atoms. The van der Waals surface area contributed by atoms with Crippen LogP contribution in [0.4, 0.5) is 28.8 Å². The van der Waals surface area contributed by atoms with Crippen LogP contribution >= 0.6 is 15.9 Å². The Morgan fingerprint density at radius 2 is 1.63 bits per heavy atom. The van der Waals surface area contributed by atoms with Gasteiger partial charge in [0.05, 0.1) is 0 Å². The van der Waals surface area contributed by atoms with Crippen molar-refractivity contribution in [3.8, 4) is 0 Å². The van der Waals surface area contributed by atoms with Gasteiger partial charge in [-0.25, -0.2) is 15.0 Å². The summed E-state index contributed by atoms with van der Waals surface area (Å²) in [6.07, 6.45) is 3.26. The number of piperazine rings is 1. The topological polar surface area (TPSA) is 83.2 Å². The number of benzene rings is 1. The number of rotatable bonds is 4. The first-order chi connectivity index (χ1) is 13.2. The standard InChI is InChI=1S/C19H20BrN7/c20-14-6-7-16(22-12-14)25-18-17(21)19(24-13-23-18)27-10-8-26(9-11-27)15-4-2-1-3-5-15/h1-7,12-13H,8-11,21H2,(H,22,23,24,25).